The van der Waals surface area contributed by atoms with Gasteiger partial charge < -0.3 is 0 Å². The smallest absolute Gasteiger partial charge is 0.192 e. The van der Waals surface area contributed by atoms with Gasteiger partial charge in [-0.05, 0) is 48.8 Å². The molecule has 0 bridgehead atoms. The van der Waals surface area contributed by atoms with Crippen LogP contribution in [0, 0.1) is 6.92 Å². The molecule has 1 aromatic carbocycles. The van der Waals surface area contributed by atoms with Crippen molar-refractivity contribution in [2.24, 2.45) is 0 Å². The maximum absolute atomic E-state index is 12.4. The Labute approximate surface area is 131 Å². The second-order valence-corrected chi connectivity index (χ2v) is 6.81. The molecule has 0 spiro atoms. The van der Waals surface area contributed by atoms with Crippen LogP contribution in [0.2, 0.25) is 0 Å². The number of rotatable bonds is 5. The van der Waals surface area contributed by atoms with Gasteiger partial charge in [-0.3, -0.25) is 9.48 Å². The third-order valence-electron chi connectivity index (χ3n) is 2.86. The van der Waals surface area contributed by atoms with Crippen LogP contribution in [0.25, 0.3) is 0 Å². The Morgan fingerprint density at radius 2 is 2.20 bits per heavy atom. The summed E-state index contributed by atoms with van der Waals surface area (Å²) in [7, 11) is 0. The molecule has 1 aromatic heterocycles. The van der Waals surface area contributed by atoms with Crippen LogP contribution in [0.3, 0.4) is 0 Å². The highest BCUT2D eigenvalue weighted by Crippen LogP contribution is 2.24. The first-order valence-electron chi connectivity index (χ1n) is 6.44. The molecule has 106 valence electrons. The standard InChI is InChI=1S/C15H17BrN2OS/c1-10(2)18-15(13(16)8-17-18)14(19)9-20-12-6-4-5-11(3)7-12/h4-8,10H,9H2,1-3H3. The minimum absolute atomic E-state index is 0.0922. The molecular weight excluding hydrogens is 336 g/mol. The quantitative estimate of drug-likeness (QED) is 0.586. The lowest BCUT2D eigenvalue weighted by Crippen LogP contribution is -2.14. The van der Waals surface area contributed by atoms with Crippen molar-refractivity contribution in [3.05, 3.63) is 46.2 Å². The number of nitrogens with zero attached hydrogens (tertiary/aromatic N) is 2. The first-order valence-corrected chi connectivity index (χ1v) is 8.22. The summed E-state index contributed by atoms with van der Waals surface area (Å²) in [6, 6.07) is 8.35. The van der Waals surface area contributed by atoms with Crippen LogP contribution in [-0.2, 0) is 0 Å². The molecule has 3 nitrogen and oxygen atoms in total. The topological polar surface area (TPSA) is 34.9 Å². The van der Waals surface area contributed by atoms with E-state index in [0.29, 0.717) is 11.4 Å². The second kappa shape index (κ2) is 6.59. The molecule has 0 saturated heterocycles. The lowest BCUT2D eigenvalue weighted by Gasteiger charge is -2.10. The van der Waals surface area contributed by atoms with Crippen LogP contribution in [0.15, 0.2) is 39.8 Å². The molecule has 5 heteroatoms. The van der Waals surface area contributed by atoms with E-state index in [-0.39, 0.29) is 11.8 Å². The van der Waals surface area contributed by atoms with Crippen molar-refractivity contribution >= 4 is 33.5 Å². The molecule has 20 heavy (non-hydrogen) atoms. The van der Waals surface area contributed by atoms with Crippen LogP contribution < -0.4 is 0 Å². The SMILES string of the molecule is Cc1cccc(SCC(=O)c2c(Br)cnn2C(C)C)c1. The van der Waals surface area contributed by atoms with Crippen LogP contribution in [-0.4, -0.2) is 21.3 Å². The van der Waals surface area contributed by atoms with Crippen molar-refractivity contribution in [1.29, 1.82) is 0 Å². The maximum Gasteiger partial charge on any atom is 0.192 e. The molecule has 2 aromatic rings. The predicted molar refractivity (Wildman–Crippen MR) is 86.5 cm³/mol. The molecule has 0 atom stereocenters. The molecule has 0 N–H and O–H groups in total. The lowest BCUT2D eigenvalue weighted by molar-refractivity contribution is 0.101. The zero-order chi connectivity index (χ0) is 14.7. The van der Waals surface area contributed by atoms with E-state index in [2.05, 4.69) is 40.1 Å². The molecular formula is C15H17BrN2OS. The summed E-state index contributed by atoms with van der Waals surface area (Å²) in [4.78, 5) is 13.5. The van der Waals surface area contributed by atoms with Crippen molar-refractivity contribution in [3.8, 4) is 0 Å². The summed E-state index contributed by atoms with van der Waals surface area (Å²) >= 11 is 4.97. The molecule has 0 aliphatic carbocycles. The zero-order valence-corrected chi connectivity index (χ0v) is 14.2. The van der Waals surface area contributed by atoms with Crippen molar-refractivity contribution in [2.45, 2.75) is 31.7 Å². The summed E-state index contributed by atoms with van der Waals surface area (Å²) in [5.74, 6) is 0.509. The molecule has 1 heterocycles. The van der Waals surface area contributed by atoms with Crippen molar-refractivity contribution in [3.63, 3.8) is 0 Å². The monoisotopic (exact) mass is 352 g/mol. The Balaban J connectivity index is 2.11. The number of carbonyl (C=O) groups excluding carboxylic acids is 1. The van der Waals surface area contributed by atoms with E-state index in [1.54, 1.807) is 22.6 Å². The summed E-state index contributed by atoms with van der Waals surface area (Å²) in [6.07, 6.45) is 1.69. The van der Waals surface area contributed by atoms with Gasteiger partial charge in [0.25, 0.3) is 0 Å². The first kappa shape index (κ1) is 15.3. The largest absolute Gasteiger partial charge is 0.291 e. The van der Waals surface area contributed by atoms with Crippen LogP contribution in [0.4, 0.5) is 0 Å². The number of carbonyl (C=O) groups is 1. The molecule has 0 unspecified atom stereocenters. The summed E-state index contributed by atoms with van der Waals surface area (Å²) in [6.45, 7) is 6.09. The average molecular weight is 353 g/mol. The van der Waals surface area contributed by atoms with Gasteiger partial charge in [0.05, 0.1) is 16.4 Å². The van der Waals surface area contributed by atoms with E-state index >= 15 is 0 Å². The number of thioether (sulfide) groups is 1. The van der Waals surface area contributed by atoms with E-state index < -0.39 is 0 Å². The second-order valence-electron chi connectivity index (χ2n) is 4.91. The molecule has 0 amide bonds. The molecule has 0 saturated carbocycles. The Hall–Kier alpha value is -1.07. The fourth-order valence-corrected chi connectivity index (χ4v) is 3.29. The Morgan fingerprint density at radius 3 is 2.85 bits per heavy atom. The third-order valence-corrected chi connectivity index (χ3v) is 4.44. The molecule has 0 radical (unpaired) electrons. The number of aromatic nitrogens is 2. The van der Waals surface area contributed by atoms with Gasteiger partial charge in [-0.1, -0.05) is 17.7 Å². The lowest BCUT2D eigenvalue weighted by atomic mass is 10.2. The van der Waals surface area contributed by atoms with Crippen LogP contribution >= 0.6 is 27.7 Å². The fraction of sp³-hybridized carbons (Fsp3) is 0.333. The molecule has 2 rings (SSSR count). The van der Waals surface area contributed by atoms with Gasteiger partial charge in [0.15, 0.2) is 5.78 Å². The number of halogens is 1. The first-order chi connectivity index (χ1) is 9.49. The Kier molecular flexibility index (Phi) is 5.05. The van der Waals surface area contributed by atoms with Gasteiger partial charge in [0, 0.05) is 10.9 Å². The summed E-state index contributed by atoms with van der Waals surface area (Å²) in [5, 5.41) is 4.25. The third kappa shape index (κ3) is 3.52. The number of benzene rings is 1. The van der Waals surface area contributed by atoms with Gasteiger partial charge in [0.2, 0.25) is 0 Å². The van der Waals surface area contributed by atoms with E-state index in [4.69, 9.17) is 0 Å². The number of ketones is 1. The van der Waals surface area contributed by atoms with Crippen molar-refractivity contribution < 1.29 is 4.79 Å². The summed E-state index contributed by atoms with van der Waals surface area (Å²) in [5.41, 5.74) is 1.86. The molecule has 0 aliphatic heterocycles. The van der Waals surface area contributed by atoms with Gasteiger partial charge in [-0.25, -0.2) is 0 Å². The van der Waals surface area contributed by atoms with Gasteiger partial charge in [0.1, 0.15) is 5.69 Å². The number of aryl methyl sites for hydroxylation is 1. The van der Waals surface area contributed by atoms with Crippen LogP contribution in [0.1, 0.15) is 35.9 Å². The number of hydrogen-bond acceptors (Lipinski definition) is 3. The fourth-order valence-electron chi connectivity index (χ4n) is 1.92. The molecule has 0 fully saturated rings. The highest BCUT2D eigenvalue weighted by molar-refractivity contribution is 9.10. The van der Waals surface area contributed by atoms with Gasteiger partial charge >= 0.3 is 0 Å². The van der Waals surface area contributed by atoms with Crippen molar-refractivity contribution in [1.82, 2.24) is 9.78 Å². The Bertz CT molecular complexity index is 622. The maximum atomic E-state index is 12.4. The van der Waals surface area contributed by atoms with Gasteiger partial charge in [-0.2, -0.15) is 5.10 Å². The van der Waals surface area contributed by atoms with E-state index in [1.807, 2.05) is 26.0 Å². The minimum atomic E-state index is 0.0922. The average Bonchev–Trinajstić information content (AvgIpc) is 2.78. The van der Waals surface area contributed by atoms with E-state index in [0.717, 1.165) is 9.37 Å². The highest BCUT2D eigenvalue weighted by atomic mass is 79.9. The minimum Gasteiger partial charge on any atom is -0.291 e. The predicted octanol–water partition coefficient (Wildman–Crippen LogP) is 4.51. The molecule has 0 aliphatic rings. The number of Topliss-reactive ketones (excluding diaryl/α,β-unsaturated/α-hetero) is 1. The van der Waals surface area contributed by atoms with E-state index in [9.17, 15) is 4.79 Å². The van der Waals surface area contributed by atoms with Crippen LogP contribution in [0.5, 0.6) is 0 Å². The van der Waals surface area contributed by atoms with E-state index in [1.165, 1.54) is 5.56 Å². The Morgan fingerprint density at radius 1 is 1.45 bits per heavy atom. The summed E-state index contributed by atoms with van der Waals surface area (Å²) < 4.78 is 2.53. The normalized spacial score (nSPS) is 11.1. The highest BCUT2D eigenvalue weighted by Gasteiger charge is 2.18. The van der Waals surface area contributed by atoms with Crippen molar-refractivity contribution in [2.75, 3.05) is 5.75 Å². The number of hydrogen-bond donors (Lipinski definition) is 0. The zero-order valence-electron chi connectivity index (χ0n) is 11.8. The van der Waals surface area contributed by atoms with Gasteiger partial charge in [-0.15, -0.1) is 11.8 Å².